The highest BCUT2D eigenvalue weighted by Gasteiger charge is 2.48. The number of nitrogens with zero attached hydrogens (tertiary/aromatic N) is 4. The zero-order valence-electron chi connectivity index (χ0n) is 15.0. The normalized spacial score (nSPS) is 18.7. The molecule has 1 aromatic carbocycles. The van der Waals surface area contributed by atoms with Gasteiger partial charge in [0.15, 0.2) is 0 Å². The van der Waals surface area contributed by atoms with Gasteiger partial charge in [0.25, 0.3) is 0 Å². The number of rotatable bonds is 3. The van der Waals surface area contributed by atoms with Crippen LogP contribution in [0.1, 0.15) is 24.0 Å². The molecule has 1 N–H and O–H groups in total. The van der Waals surface area contributed by atoms with E-state index in [4.69, 9.17) is 11.6 Å². The number of carbonyl (C=O) groups excluding carboxylic acids is 1. The number of aromatic nitrogens is 2. The van der Waals surface area contributed by atoms with E-state index in [0.717, 1.165) is 49.3 Å². The first kappa shape index (κ1) is 17.2. The Labute approximate surface area is 158 Å². The summed E-state index contributed by atoms with van der Waals surface area (Å²) >= 11 is 6.18. The third-order valence-electron chi connectivity index (χ3n) is 5.39. The summed E-state index contributed by atoms with van der Waals surface area (Å²) in [5.41, 5.74) is 2.60. The number of benzene rings is 1. The maximum Gasteiger partial charge on any atom is 0.235 e. The Balaban J connectivity index is 1.46. The van der Waals surface area contributed by atoms with Crippen LogP contribution >= 0.6 is 11.6 Å². The van der Waals surface area contributed by atoms with Gasteiger partial charge in [-0.15, -0.1) is 0 Å². The Morgan fingerprint density at radius 2 is 1.92 bits per heavy atom. The molecule has 0 saturated carbocycles. The summed E-state index contributed by atoms with van der Waals surface area (Å²) in [5, 5.41) is 3.71. The van der Waals surface area contributed by atoms with E-state index >= 15 is 0 Å². The molecule has 2 aliphatic rings. The van der Waals surface area contributed by atoms with Gasteiger partial charge in [0.1, 0.15) is 0 Å². The first-order valence-corrected chi connectivity index (χ1v) is 9.18. The fourth-order valence-electron chi connectivity index (χ4n) is 3.89. The largest absolute Gasteiger partial charge is 0.347 e. The molecule has 0 aliphatic carbocycles. The predicted octanol–water partition coefficient (Wildman–Crippen LogP) is 2.68. The fraction of sp³-hybridized carbons (Fsp3) is 0.421. The minimum absolute atomic E-state index is 0.105. The number of halogens is 1. The second kappa shape index (κ2) is 6.52. The number of likely N-dealkylation sites (tertiary alicyclic amines) is 1. The zero-order chi connectivity index (χ0) is 18.3. The lowest BCUT2D eigenvalue weighted by atomic mass is 9.73. The Morgan fingerprint density at radius 1 is 1.23 bits per heavy atom. The first-order chi connectivity index (χ1) is 12.5. The van der Waals surface area contributed by atoms with E-state index < -0.39 is 5.41 Å². The summed E-state index contributed by atoms with van der Waals surface area (Å²) in [6.07, 6.45) is 5.35. The van der Waals surface area contributed by atoms with Gasteiger partial charge in [-0.05, 0) is 49.7 Å². The summed E-state index contributed by atoms with van der Waals surface area (Å²) in [6, 6.07) is 5.67. The van der Waals surface area contributed by atoms with E-state index in [9.17, 15) is 4.79 Å². The van der Waals surface area contributed by atoms with Crippen molar-refractivity contribution < 1.29 is 4.79 Å². The summed E-state index contributed by atoms with van der Waals surface area (Å²) in [7, 11) is 3.85. The molecule has 0 unspecified atom stereocenters. The molecule has 26 heavy (non-hydrogen) atoms. The molecule has 1 aromatic heterocycles. The summed E-state index contributed by atoms with van der Waals surface area (Å²) < 4.78 is 0. The number of fused-ring (bicyclic) bond motifs is 2. The second-order valence-corrected chi connectivity index (χ2v) is 7.72. The zero-order valence-corrected chi connectivity index (χ0v) is 15.8. The number of piperidine rings is 1. The van der Waals surface area contributed by atoms with Gasteiger partial charge >= 0.3 is 0 Å². The average Bonchev–Trinajstić information content (AvgIpc) is 2.89. The number of amides is 1. The minimum atomic E-state index is -0.442. The first-order valence-electron chi connectivity index (χ1n) is 8.80. The lowest BCUT2D eigenvalue weighted by molar-refractivity contribution is -0.122. The van der Waals surface area contributed by atoms with Gasteiger partial charge in [-0.2, -0.15) is 0 Å². The predicted molar refractivity (Wildman–Crippen MR) is 103 cm³/mol. The van der Waals surface area contributed by atoms with Crippen LogP contribution in [-0.4, -0.2) is 48.0 Å². The number of hydrogen-bond acceptors (Lipinski definition) is 5. The molecule has 2 aromatic rings. The molecule has 7 heteroatoms. The van der Waals surface area contributed by atoms with Crippen molar-refractivity contribution in [1.82, 2.24) is 14.9 Å². The van der Waals surface area contributed by atoms with Crippen LogP contribution in [0, 0.1) is 0 Å². The molecule has 4 rings (SSSR count). The van der Waals surface area contributed by atoms with Gasteiger partial charge in [-0.1, -0.05) is 11.6 Å². The topological polar surface area (TPSA) is 61.4 Å². The van der Waals surface area contributed by atoms with E-state index in [-0.39, 0.29) is 5.91 Å². The van der Waals surface area contributed by atoms with E-state index in [1.54, 1.807) is 0 Å². The van der Waals surface area contributed by atoms with Crippen LogP contribution in [0.2, 0.25) is 5.02 Å². The number of nitrogens with one attached hydrogen (secondary N) is 1. The SMILES string of the molecule is CN(C)c1ncc(CN2CCC3(CC2)C(=O)Nc2ccc(Cl)cc23)cn1. The highest BCUT2D eigenvalue weighted by molar-refractivity contribution is 6.31. The molecule has 1 spiro atoms. The molecular weight excluding hydrogens is 350 g/mol. The molecule has 0 atom stereocenters. The second-order valence-electron chi connectivity index (χ2n) is 7.29. The van der Waals surface area contributed by atoms with Crippen LogP contribution in [0.25, 0.3) is 0 Å². The van der Waals surface area contributed by atoms with Gasteiger partial charge in [0.05, 0.1) is 5.41 Å². The van der Waals surface area contributed by atoms with E-state index in [0.29, 0.717) is 11.0 Å². The maximum absolute atomic E-state index is 12.7. The van der Waals surface area contributed by atoms with Crippen LogP contribution in [0.15, 0.2) is 30.6 Å². The van der Waals surface area contributed by atoms with E-state index in [1.807, 2.05) is 49.6 Å². The van der Waals surface area contributed by atoms with Gasteiger partial charge in [0, 0.05) is 49.3 Å². The van der Waals surface area contributed by atoms with Crippen molar-refractivity contribution in [2.45, 2.75) is 24.8 Å². The standard InChI is InChI=1S/C19H22ClN5O/c1-24(2)18-21-10-13(11-22-18)12-25-7-5-19(6-8-25)15-9-14(20)3-4-16(15)23-17(19)26/h3-4,9-11H,5-8,12H2,1-2H3,(H,23,26). The van der Waals surface area contributed by atoms with E-state index in [2.05, 4.69) is 20.2 Å². The summed E-state index contributed by atoms with van der Waals surface area (Å²) in [5.74, 6) is 0.815. The molecule has 136 valence electrons. The van der Waals surface area contributed by atoms with Gasteiger partial charge in [-0.25, -0.2) is 9.97 Å². The smallest absolute Gasteiger partial charge is 0.235 e. The van der Waals surface area contributed by atoms with Crippen LogP contribution in [-0.2, 0) is 16.8 Å². The quantitative estimate of drug-likeness (QED) is 0.898. The molecule has 2 aliphatic heterocycles. The van der Waals surface area contributed by atoms with E-state index in [1.165, 1.54) is 0 Å². The summed E-state index contributed by atoms with van der Waals surface area (Å²) in [6.45, 7) is 2.51. The number of anilines is 2. The Kier molecular flexibility index (Phi) is 4.32. The van der Waals surface area contributed by atoms with Crippen molar-refractivity contribution in [3.8, 4) is 0 Å². The van der Waals surface area contributed by atoms with Gasteiger partial charge in [-0.3, -0.25) is 9.69 Å². The van der Waals surface area contributed by atoms with Crippen LogP contribution in [0.5, 0.6) is 0 Å². The lowest BCUT2D eigenvalue weighted by Gasteiger charge is -2.38. The van der Waals surface area contributed by atoms with Crippen LogP contribution in [0.3, 0.4) is 0 Å². The monoisotopic (exact) mass is 371 g/mol. The van der Waals surface area contributed by atoms with Crippen molar-refractivity contribution in [3.63, 3.8) is 0 Å². The van der Waals surface area contributed by atoms with Gasteiger partial charge < -0.3 is 10.2 Å². The molecule has 1 amide bonds. The Bertz CT molecular complexity index is 828. The lowest BCUT2D eigenvalue weighted by Crippen LogP contribution is -2.46. The number of hydrogen-bond donors (Lipinski definition) is 1. The third-order valence-corrected chi connectivity index (χ3v) is 5.62. The number of carbonyl (C=O) groups is 1. The average molecular weight is 372 g/mol. The maximum atomic E-state index is 12.7. The molecular formula is C19H22ClN5O. The Hall–Kier alpha value is -2.18. The highest BCUT2D eigenvalue weighted by atomic mass is 35.5. The van der Waals surface area contributed by atoms with Crippen molar-refractivity contribution in [2.75, 3.05) is 37.4 Å². The van der Waals surface area contributed by atoms with Gasteiger partial charge in [0.2, 0.25) is 11.9 Å². The fourth-order valence-corrected chi connectivity index (χ4v) is 4.07. The van der Waals surface area contributed by atoms with Crippen LogP contribution < -0.4 is 10.2 Å². The summed E-state index contributed by atoms with van der Waals surface area (Å²) in [4.78, 5) is 25.7. The van der Waals surface area contributed by atoms with Crippen LogP contribution in [0.4, 0.5) is 11.6 Å². The molecule has 6 nitrogen and oxygen atoms in total. The highest BCUT2D eigenvalue weighted by Crippen LogP contribution is 2.45. The third kappa shape index (κ3) is 2.93. The van der Waals surface area contributed by atoms with Crippen molar-refractivity contribution >= 4 is 29.1 Å². The molecule has 1 fully saturated rings. The Morgan fingerprint density at radius 3 is 2.58 bits per heavy atom. The molecule has 0 radical (unpaired) electrons. The molecule has 1 saturated heterocycles. The van der Waals surface area contributed by atoms with Crippen molar-refractivity contribution in [3.05, 3.63) is 46.7 Å². The van der Waals surface area contributed by atoms with Crippen molar-refractivity contribution in [2.24, 2.45) is 0 Å². The minimum Gasteiger partial charge on any atom is -0.347 e. The van der Waals surface area contributed by atoms with Crippen molar-refractivity contribution in [1.29, 1.82) is 0 Å². The molecule has 3 heterocycles. The molecule has 0 bridgehead atoms.